The molecule has 1 atom stereocenters. The number of aryl methyl sites for hydroxylation is 1. The van der Waals surface area contributed by atoms with Crippen molar-refractivity contribution in [1.82, 2.24) is 5.32 Å². The highest BCUT2D eigenvalue weighted by atomic mass is 32.1. The number of hydrogen-bond donors (Lipinski definition) is 1. The van der Waals surface area contributed by atoms with Crippen molar-refractivity contribution >= 4 is 28.0 Å². The fraction of sp³-hybridized carbons (Fsp3) is 0.167. The second-order valence-electron chi connectivity index (χ2n) is 5.17. The van der Waals surface area contributed by atoms with E-state index in [1.165, 1.54) is 22.1 Å². The minimum atomic E-state index is -0.0222. The van der Waals surface area contributed by atoms with Crippen molar-refractivity contribution in [3.63, 3.8) is 0 Å². The van der Waals surface area contributed by atoms with Gasteiger partial charge in [-0.1, -0.05) is 42.5 Å². The molecule has 0 radical (unpaired) electrons. The summed E-state index contributed by atoms with van der Waals surface area (Å²) in [5, 5.41) is 5.48. The molecule has 0 bridgehead atoms. The van der Waals surface area contributed by atoms with Crippen LogP contribution in [0.3, 0.4) is 0 Å². The molecule has 2 aromatic carbocycles. The Bertz CT molecular complexity index is 785. The van der Waals surface area contributed by atoms with E-state index in [9.17, 15) is 4.79 Å². The number of carbonyl (C=O) groups is 1. The van der Waals surface area contributed by atoms with Crippen molar-refractivity contribution in [3.05, 3.63) is 69.9 Å². The van der Waals surface area contributed by atoms with Crippen LogP contribution in [0.5, 0.6) is 0 Å². The summed E-state index contributed by atoms with van der Waals surface area (Å²) < 4.78 is 0. The van der Waals surface area contributed by atoms with Gasteiger partial charge < -0.3 is 5.32 Å². The van der Waals surface area contributed by atoms with Gasteiger partial charge in [0.15, 0.2) is 0 Å². The molecule has 0 spiro atoms. The van der Waals surface area contributed by atoms with E-state index in [-0.39, 0.29) is 11.9 Å². The van der Waals surface area contributed by atoms with E-state index in [0.717, 1.165) is 15.3 Å². The van der Waals surface area contributed by atoms with Gasteiger partial charge in [0.2, 0.25) is 0 Å². The van der Waals surface area contributed by atoms with Crippen LogP contribution in [-0.2, 0) is 0 Å². The monoisotopic (exact) mass is 295 g/mol. The van der Waals surface area contributed by atoms with Crippen LogP contribution >= 0.6 is 11.3 Å². The Morgan fingerprint density at radius 2 is 1.81 bits per heavy atom. The quantitative estimate of drug-likeness (QED) is 0.745. The summed E-state index contributed by atoms with van der Waals surface area (Å²) in [6.45, 7) is 4.04. The van der Waals surface area contributed by atoms with Crippen molar-refractivity contribution < 1.29 is 4.79 Å². The molecule has 1 heterocycles. The molecule has 0 saturated heterocycles. The van der Waals surface area contributed by atoms with Crippen LogP contribution in [0.2, 0.25) is 0 Å². The van der Waals surface area contributed by atoms with E-state index in [2.05, 4.69) is 29.6 Å². The Hall–Kier alpha value is -2.13. The third-order valence-corrected chi connectivity index (χ3v) is 4.60. The maximum absolute atomic E-state index is 12.3. The first-order chi connectivity index (χ1) is 10.1. The number of amides is 1. The zero-order chi connectivity index (χ0) is 14.8. The summed E-state index contributed by atoms with van der Waals surface area (Å²) in [4.78, 5) is 14.2. The smallest absolute Gasteiger partial charge is 0.261 e. The van der Waals surface area contributed by atoms with Gasteiger partial charge in [-0.15, -0.1) is 11.3 Å². The zero-order valence-corrected chi connectivity index (χ0v) is 12.9. The molecule has 3 aromatic rings. The van der Waals surface area contributed by atoms with Gasteiger partial charge in [-0.05, 0) is 42.3 Å². The minimum absolute atomic E-state index is 0.00599. The first-order valence-electron chi connectivity index (χ1n) is 7.00. The van der Waals surface area contributed by atoms with Crippen molar-refractivity contribution in [2.75, 3.05) is 0 Å². The molecule has 21 heavy (non-hydrogen) atoms. The first kappa shape index (κ1) is 13.8. The molecule has 106 valence electrons. The molecule has 3 heteroatoms. The maximum atomic E-state index is 12.3. The summed E-state index contributed by atoms with van der Waals surface area (Å²) in [6.07, 6.45) is 0. The summed E-state index contributed by atoms with van der Waals surface area (Å²) in [7, 11) is 0. The first-order valence-corrected chi connectivity index (χ1v) is 7.82. The second-order valence-corrected chi connectivity index (χ2v) is 6.46. The number of rotatable bonds is 3. The molecule has 0 fully saturated rings. The van der Waals surface area contributed by atoms with Gasteiger partial charge in [0, 0.05) is 4.88 Å². The molecule has 0 aliphatic carbocycles. The van der Waals surface area contributed by atoms with Crippen LogP contribution in [0.4, 0.5) is 0 Å². The number of carbonyl (C=O) groups excluding carboxylic acids is 1. The highest BCUT2D eigenvalue weighted by Crippen LogP contribution is 2.25. The van der Waals surface area contributed by atoms with Gasteiger partial charge in [-0.25, -0.2) is 0 Å². The highest BCUT2D eigenvalue weighted by Gasteiger charge is 2.14. The molecule has 0 aliphatic heterocycles. The van der Waals surface area contributed by atoms with Crippen molar-refractivity contribution in [3.8, 4) is 0 Å². The average Bonchev–Trinajstić information content (AvgIpc) is 2.93. The third-order valence-electron chi connectivity index (χ3n) is 3.60. The Morgan fingerprint density at radius 1 is 1.05 bits per heavy atom. The predicted octanol–water partition coefficient (Wildman–Crippen LogP) is 4.70. The van der Waals surface area contributed by atoms with Gasteiger partial charge >= 0.3 is 0 Å². The van der Waals surface area contributed by atoms with E-state index in [4.69, 9.17) is 0 Å². The van der Waals surface area contributed by atoms with E-state index in [1.807, 2.05) is 44.2 Å². The lowest BCUT2D eigenvalue weighted by Crippen LogP contribution is -2.26. The summed E-state index contributed by atoms with van der Waals surface area (Å²) in [6, 6.07) is 18.3. The number of nitrogens with one attached hydrogen (secondary N) is 1. The van der Waals surface area contributed by atoms with Crippen LogP contribution < -0.4 is 5.32 Å². The van der Waals surface area contributed by atoms with Crippen molar-refractivity contribution in [2.24, 2.45) is 0 Å². The molecular weight excluding hydrogens is 278 g/mol. The molecule has 2 nitrogen and oxygen atoms in total. The van der Waals surface area contributed by atoms with E-state index in [1.54, 1.807) is 0 Å². The van der Waals surface area contributed by atoms with E-state index in [0.29, 0.717) is 0 Å². The predicted molar refractivity (Wildman–Crippen MR) is 88.9 cm³/mol. The van der Waals surface area contributed by atoms with Crippen LogP contribution in [0, 0.1) is 6.92 Å². The molecule has 0 saturated carbocycles. The highest BCUT2D eigenvalue weighted by molar-refractivity contribution is 7.13. The number of fused-ring (bicyclic) bond motifs is 1. The molecule has 1 amide bonds. The van der Waals surface area contributed by atoms with E-state index < -0.39 is 0 Å². The molecule has 3 rings (SSSR count). The summed E-state index contributed by atoms with van der Waals surface area (Å²) >= 11 is 1.52. The third kappa shape index (κ3) is 2.83. The van der Waals surface area contributed by atoms with Gasteiger partial charge in [-0.3, -0.25) is 4.79 Å². The van der Waals surface area contributed by atoms with Crippen LogP contribution in [0.1, 0.15) is 33.1 Å². The lowest BCUT2D eigenvalue weighted by atomic mass is 10.00. The van der Waals surface area contributed by atoms with Gasteiger partial charge in [0.05, 0.1) is 10.9 Å². The average molecular weight is 295 g/mol. The lowest BCUT2D eigenvalue weighted by molar-refractivity contribution is 0.0944. The van der Waals surface area contributed by atoms with E-state index >= 15 is 0 Å². The van der Waals surface area contributed by atoms with Crippen LogP contribution in [-0.4, -0.2) is 5.91 Å². The molecule has 0 aliphatic rings. The molecule has 1 aromatic heterocycles. The summed E-state index contributed by atoms with van der Waals surface area (Å²) in [5.41, 5.74) is 1.15. The summed E-state index contributed by atoms with van der Waals surface area (Å²) in [5.74, 6) is -0.00599. The largest absolute Gasteiger partial charge is 0.345 e. The maximum Gasteiger partial charge on any atom is 0.261 e. The number of thiophene rings is 1. The molecular formula is C18H17NOS. The van der Waals surface area contributed by atoms with Gasteiger partial charge in [0.25, 0.3) is 5.91 Å². The van der Waals surface area contributed by atoms with Crippen molar-refractivity contribution in [2.45, 2.75) is 19.9 Å². The minimum Gasteiger partial charge on any atom is -0.345 e. The van der Waals surface area contributed by atoms with Crippen LogP contribution in [0.25, 0.3) is 10.8 Å². The Labute approximate surface area is 128 Å². The molecule has 1 N–H and O–H groups in total. The topological polar surface area (TPSA) is 29.1 Å². The fourth-order valence-corrected chi connectivity index (χ4v) is 3.30. The van der Waals surface area contributed by atoms with Gasteiger partial charge in [0.1, 0.15) is 0 Å². The Kier molecular flexibility index (Phi) is 3.76. The van der Waals surface area contributed by atoms with Gasteiger partial charge in [-0.2, -0.15) is 0 Å². The fourth-order valence-electron chi connectivity index (χ4n) is 2.53. The number of hydrogen-bond acceptors (Lipinski definition) is 2. The Morgan fingerprint density at radius 3 is 2.57 bits per heavy atom. The van der Waals surface area contributed by atoms with Crippen molar-refractivity contribution in [1.29, 1.82) is 0 Å². The normalized spacial score (nSPS) is 12.3. The standard InChI is InChI=1S/C18H17NOS/c1-12-10-11-17(21-12)18(20)19-13(2)15-9-5-7-14-6-3-4-8-16(14)15/h3-11,13H,1-2H3,(H,19,20). The second kappa shape index (κ2) is 5.70. The zero-order valence-electron chi connectivity index (χ0n) is 12.1. The SMILES string of the molecule is Cc1ccc(C(=O)NC(C)c2cccc3ccccc23)s1. The van der Waals surface area contributed by atoms with Crippen LogP contribution in [0.15, 0.2) is 54.6 Å². The number of benzene rings is 2. The lowest BCUT2D eigenvalue weighted by Gasteiger charge is -2.16. The molecule has 1 unspecified atom stereocenters. The Balaban J connectivity index is 1.87.